The number of carbonyl (C=O) groups excluding carboxylic acids is 2. The van der Waals surface area contributed by atoms with E-state index in [1.54, 1.807) is 0 Å². The van der Waals surface area contributed by atoms with Crippen molar-refractivity contribution in [1.82, 2.24) is 0 Å². The lowest BCUT2D eigenvalue weighted by Crippen LogP contribution is -2.36. The van der Waals surface area contributed by atoms with Gasteiger partial charge in [-0.15, -0.1) is 0 Å². The van der Waals surface area contributed by atoms with Crippen LogP contribution in [0.2, 0.25) is 0 Å². The maximum atomic E-state index is 12.6. The fourth-order valence-corrected chi connectivity index (χ4v) is 3.65. The van der Waals surface area contributed by atoms with Crippen LogP contribution in [0.5, 0.6) is 0 Å². The van der Waals surface area contributed by atoms with Crippen molar-refractivity contribution in [3.63, 3.8) is 0 Å². The summed E-state index contributed by atoms with van der Waals surface area (Å²) in [4.78, 5) is 28.7. The minimum atomic E-state index is -0.202. The number of nitrogens with one attached hydrogen (secondary N) is 1. The molecule has 2 aromatic rings. The van der Waals surface area contributed by atoms with Gasteiger partial charge >= 0.3 is 0 Å². The third-order valence-electron chi connectivity index (χ3n) is 5.17. The molecule has 1 heterocycles. The van der Waals surface area contributed by atoms with Crippen LogP contribution < -0.4 is 15.1 Å². The molecule has 1 N–H and O–H groups in total. The van der Waals surface area contributed by atoms with Gasteiger partial charge in [-0.05, 0) is 54.7 Å². The number of para-hydroxylation sites is 1. The van der Waals surface area contributed by atoms with Crippen molar-refractivity contribution >= 4 is 28.9 Å². The van der Waals surface area contributed by atoms with Gasteiger partial charge in [-0.2, -0.15) is 0 Å². The summed E-state index contributed by atoms with van der Waals surface area (Å²) in [7, 11) is 0. The Kier molecular flexibility index (Phi) is 6.34. The van der Waals surface area contributed by atoms with E-state index in [1.165, 1.54) is 30.4 Å². The maximum absolute atomic E-state index is 12.6. The molecule has 5 heteroatoms. The van der Waals surface area contributed by atoms with E-state index in [0.29, 0.717) is 5.92 Å². The Bertz CT molecular complexity index is 824. The quantitative estimate of drug-likeness (QED) is 0.809. The smallest absolute Gasteiger partial charge is 0.244 e. The minimum absolute atomic E-state index is 0.00910. The van der Waals surface area contributed by atoms with E-state index in [4.69, 9.17) is 0 Å². The summed E-state index contributed by atoms with van der Waals surface area (Å²) in [5, 5.41) is 2.96. The second-order valence-electron chi connectivity index (χ2n) is 7.61. The molecule has 28 heavy (non-hydrogen) atoms. The predicted octanol–water partition coefficient (Wildman–Crippen LogP) is 4.40. The van der Waals surface area contributed by atoms with Gasteiger partial charge in [-0.3, -0.25) is 9.59 Å². The summed E-state index contributed by atoms with van der Waals surface area (Å²) in [6, 6.07) is 15.7. The summed E-state index contributed by atoms with van der Waals surface area (Å²) in [5.41, 5.74) is 3.79. The molecule has 2 aromatic carbocycles. The number of rotatable bonds is 6. The second-order valence-corrected chi connectivity index (χ2v) is 7.61. The maximum Gasteiger partial charge on any atom is 0.244 e. The number of benzene rings is 2. The molecule has 0 spiro atoms. The van der Waals surface area contributed by atoms with Crippen molar-refractivity contribution < 1.29 is 9.59 Å². The second kappa shape index (κ2) is 8.91. The zero-order valence-corrected chi connectivity index (χ0v) is 16.9. The largest absolute Gasteiger partial charge is 0.372 e. The summed E-state index contributed by atoms with van der Waals surface area (Å²) in [6.45, 7) is 7.82. The van der Waals surface area contributed by atoms with Crippen LogP contribution in [-0.4, -0.2) is 31.4 Å². The molecule has 0 radical (unpaired) electrons. The Morgan fingerprint density at radius 2 is 1.68 bits per heavy atom. The lowest BCUT2D eigenvalue weighted by molar-refractivity contribution is -0.120. The van der Waals surface area contributed by atoms with Gasteiger partial charge in [-0.25, -0.2) is 0 Å². The van der Waals surface area contributed by atoms with Crippen LogP contribution in [0, 0.1) is 0 Å². The molecular weight excluding hydrogens is 350 g/mol. The molecule has 0 unspecified atom stereocenters. The summed E-state index contributed by atoms with van der Waals surface area (Å²) >= 11 is 0. The minimum Gasteiger partial charge on any atom is -0.372 e. The van der Waals surface area contributed by atoms with Crippen molar-refractivity contribution in [2.24, 2.45) is 0 Å². The highest BCUT2D eigenvalue weighted by molar-refractivity contribution is 6.02. The Labute approximate surface area is 167 Å². The van der Waals surface area contributed by atoms with E-state index in [0.717, 1.165) is 30.0 Å². The number of hydrogen-bond acceptors (Lipinski definition) is 3. The van der Waals surface area contributed by atoms with E-state index >= 15 is 0 Å². The van der Waals surface area contributed by atoms with E-state index in [2.05, 4.69) is 24.1 Å². The van der Waals surface area contributed by atoms with Crippen LogP contribution in [0.1, 0.15) is 45.1 Å². The number of nitrogens with zero attached hydrogens (tertiary/aromatic N) is 2. The lowest BCUT2D eigenvalue weighted by Gasteiger charge is -2.23. The molecule has 1 aliphatic rings. The standard InChI is InChI=1S/C23H29N3O2/c1-17(2)21-8-4-5-9-22(21)24-23(28)16-26(18(3)27)20-12-10-19(11-13-20)25-14-6-7-15-25/h4-5,8-13,17H,6-7,14-16H2,1-3H3,(H,24,28). The molecule has 0 aliphatic carbocycles. The van der Waals surface area contributed by atoms with E-state index in [9.17, 15) is 9.59 Å². The zero-order valence-electron chi connectivity index (χ0n) is 16.9. The summed E-state index contributed by atoms with van der Waals surface area (Å²) < 4.78 is 0. The van der Waals surface area contributed by atoms with Crippen LogP contribution in [0.25, 0.3) is 0 Å². The SMILES string of the molecule is CC(=O)N(CC(=O)Nc1ccccc1C(C)C)c1ccc(N2CCCC2)cc1. The third-order valence-corrected chi connectivity index (χ3v) is 5.17. The van der Waals surface area contributed by atoms with Crippen molar-refractivity contribution in [3.05, 3.63) is 54.1 Å². The highest BCUT2D eigenvalue weighted by Crippen LogP contribution is 2.25. The molecule has 1 fully saturated rings. The molecule has 1 saturated heterocycles. The molecule has 2 amide bonds. The normalized spacial score (nSPS) is 13.6. The van der Waals surface area contributed by atoms with Crippen molar-refractivity contribution in [2.75, 3.05) is 34.8 Å². The number of carbonyl (C=O) groups is 2. The van der Waals surface area contributed by atoms with Crippen molar-refractivity contribution in [1.29, 1.82) is 0 Å². The van der Waals surface area contributed by atoms with Gasteiger partial charge in [0.15, 0.2) is 0 Å². The molecule has 0 atom stereocenters. The van der Waals surface area contributed by atoms with Gasteiger partial charge in [0.1, 0.15) is 6.54 Å². The molecule has 0 bridgehead atoms. The fraction of sp³-hybridized carbons (Fsp3) is 0.391. The number of anilines is 3. The molecule has 148 valence electrons. The first-order valence-electron chi connectivity index (χ1n) is 9.97. The summed E-state index contributed by atoms with van der Waals surface area (Å²) in [5.74, 6) is -0.0494. The topological polar surface area (TPSA) is 52.7 Å². The number of hydrogen-bond donors (Lipinski definition) is 1. The van der Waals surface area contributed by atoms with Crippen LogP contribution >= 0.6 is 0 Å². The Hall–Kier alpha value is -2.82. The van der Waals surface area contributed by atoms with Crippen LogP contribution in [0.3, 0.4) is 0 Å². The third kappa shape index (κ3) is 4.71. The van der Waals surface area contributed by atoms with E-state index < -0.39 is 0 Å². The molecule has 5 nitrogen and oxygen atoms in total. The molecular formula is C23H29N3O2. The number of amides is 2. The summed E-state index contributed by atoms with van der Waals surface area (Å²) in [6.07, 6.45) is 2.44. The van der Waals surface area contributed by atoms with Crippen LogP contribution in [0.15, 0.2) is 48.5 Å². The first-order valence-corrected chi connectivity index (χ1v) is 9.97. The molecule has 1 aliphatic heterocycles. The van der Waals surface area contributed by atoms with Crippen molar-refractivity contribution in [3.8, 4) is 0 Å². The first kappa shape index (κ1) is 19.9. The Morgan fingerprint density at radius 3 is 2.29 bits per heavy atom. The monoisotopic (exact) mass is 379 g/mol. The highest BCUT2D eigenvalue weighted by Gasteiger charge is 2.18. The van der Waals surface area contributed by atoms with Gasteiger partial charge < -0.3 is 15.1 Å². The predicted molar refractivity (Wildman–Crippen MR) is 115 cm³/mol. The average Bonchev–Trinajstić information content (AvgIpc) is 3.21. The fourth-order valence-electron chi connectivity index (χ4n) is 3.65. The Balaban J connectivity index is 1.71. The van der Waals surface area contributed by atoms with Gasteiger partial charge in [0.25, 0.3) is 0 Å². The van der Waals surface area contributed by atoms with Crippen molar-refractivity contribution in [2.45, 2.75) is 39.5 Å². The highest BCUT2D eigenvalue weighted by atomic mass is 16.2. The van der Waals surface area contributed by atoms with Gasteiger partial charge in [0.2, 0.25) is 11.8 Å². The van der Waals surface area contributed by atoms with Gasteiger partial charge in [0, 0.05) is 37.1 Å². The van der Waals surface area contributed by atoms with E-state index in [1.807, 2.05) is 48.5 Å². The van der Waals surface area contributed by atoms with Gasteiger partial charge in [0.05, 0.1) is 0 Å². The lowest BCUT2D eigenvalue weighted by atomic mass is 10.0. The van der Waals surface area contributed by atoms with Crippen LogP contribution in [0.4, 0.5) is 17.1 Å². The molecule has 0 aromatic heterocycles. The zero-order chi connectivity index (χ0) is 20.1. The molecule has 0 saturated carbocycles. The molecule has 3 rings (SSSR count). The van der Waals surface area contributed by atoms with E-state index in [-0.39, 0.29) is 18.4 Å². The van der Waals surface area contributed by atoms with Crippen LogP contribution in [-0.2, 0) is 9.59 Å². The first-order chi connectivity index (χ1) is 13.5. The Morgan fingerprint density at radius 1 is 1.04 bits per heavy atom. The van der Waals surface area contributed by atoms with Gasteiger partial charge in [-0.1, -0.05) is 32.0 Å². The average molecular weight is 380 g/mol.